The summed E-state index contributed by atoms with van der Waals surface area (Å²) in [5.74, 6) is 1.80. The van der Waals surface area contributed by atoms with E-state index in [0.29, 0.717) is 24.2 Å². The second kappa shape index (κ2) is 7.14. The Bertz CT molecular complexity index is 352. The Balaban J connectivity index is 2.41. The first-order valence-corrected chi connectivity index (χ1v) is 6.66. The number of hydrogen-bond acceptors (Lipinski definition) is 2. The van der Waals surface area contributed by atoms with E-state index < -0.39 is 0 Å². The smallest absolute Gasteiger partial charge is 0.224 e. The largest absolute Gasteiger partial charge is 0.356 e. The number of carbonyl (C=O) groups excluding carboxylic acids is 1. The van der Waals surface area contributed by atoms with Crippen LogP contribution in [0.1, 0.15) is 33.3 Å². The fourth-order valence-electron chi connectivity index (χ4n) is 2.22. The number of hydrogen-bond donors (Lipinski definition) is 1. The van der Waals surface area contributed by atoms with Gasteiger partial charge in [-0.2, -0.15) is 0 Å². The number of carbonyl (C=O) groups is 1. The molecule has 0 atom stereocenters. The molecular weight excluding hydrogens is 224 g/mol. The van der Waals surface area contributed by atoms with Crippen LogP contribution in [0.4, 0.5) is 0 Å². The van der Waals surface area contributed by atoms with E-state index in [1.807, 2.05) is 12.1 Å². The zero-order chi connectivity index (χ0) is 13.5. The van der Waals surface area contributed by atoms with Crippen molar-refractivity contribution in [2.45, 2.75) is 34.1 Å². The quantitative estimate of drug-likeness (QED) is 0.841. The second-order valence-corrected chi connectivity index (χ2v) is 5.49. The van der Waals surface area contributed by atoms with Gasteiger partial charge in [0, 0.05) is 18.9 Å². The fraction of sp³-hybridized carbons (Fsp3) is 0.600. The number of pyridine rings is 1. The van der Waals surface area contributed by atoms with Crippen molar-refractivity contribution in [3.05, 3.63) is 30.1 Å². The maximum absolute atomic E-state index is 11.8. The van der Waals surface area contributed by atoms with Gasteiger partial charge in [-0.05, 0) is 35.4 Å². The summed E-state index contributed by atoms with van der Waals surface area (Å²) in [6, 6.07) is 3.75. The molecule has 18 heavy (non-hydrogen) atoms. The lowest BCUT2D eigenvalue weighted by atomic mass is 9.85. The van der Waals surface area contributed by atoms with Crippen molar-refractivity contribution in [1.29, 1.82) is 0 Å². The number of nitrogens with zero attached hydrogens (tertiary/aromatic N) is 1. The van der Waals surface area contributed by atoms with E-state index in [1.54, 1.807) is 12.4 Å². The number of rotatable bonds is 6. The molecule has 0 unspecified atom stereocenters. The van der Waals surface area contributed by atoms with Gasteiger partial charge >= 0.3 is 0 Å². The van der Waals surface area contributed by atoms with Crippen molar-refractivity contribution >= 4 is 5.91 Å². The highest BCUT2D eigenvalue weighted by Crippen LogP contribution is 2.19. The van der Waals surface area contributed by atoms with E-state index >= 15 is 0 Å². The Morgan fingerprint density at radius 3 is 2.22 bits per heavy atom. The Kier molecular flexibility index (Phi) is 5.83. The molecule has 0 saturated carbocycles. The summed E-state index contributed by atoms with van der Waals surface area (Å²) in [7, 11) is 0. The molecule has 1 aromatic heterocycles. The third-order valence-corrected chi connectivity index (χ3v) is 3.36. The third kappa shape index (κ3) is 4.86. The van der Waals surface area contributed by atoms with Crippen molar-refractivity contribution in [2.24, 2.45) is 17.8 Å². The van der Waals surface area contributed by atoms with Crippen molar-refractivity contribution < 1.29 is 4.79 Å². The molecule has 0 bridgehead atoms. The highest BCUT2D eigenvalue weighted by Gasteiger charge is 2.18. The summed E-state index contributed by atoms with van der Waals surface area (Å²) >= 11 is 0. The first-order valence-electron chi connectivity index (χ1n) is 6.66. The molecule has 0 aliphatic heterocycles. The first kappa shape index (κ1) is 14.7. The molecule has 0 spiro atoms. The maximum Gasteiger partial charge on any atom is 0.224 e. The van der Waals surface area contributed by atoms with Crippen LogP contribution >= 0.6 is 0 Å². The molecule has 0 fully saturated rings. The molecule has 3 nitrogen and oxygen atoms in total. The van der Waals surface area contributed by atoms with Gasteiger partial charge in [0.1, 0.15) is 0 Å². The summed E-state index contributed by atoms with van der Waals surface area (Å²) in [4.78, 5) is 15.8. The average Bonchev–Trinajstić information content (AvgIpc) is 2.29. The summed E-state index contributed by atoms with van der Waals surface area (Å²) < 4.78 is 0. The van der Waals surface area contributed by atoms with Crippen LogP contribution < -0.4 is 5.32 Å². The molecule has 1 heterocycles. The molecule has 100 valence electrons. The SMILES string of the molecule is CC(C)C(CNC(=O)Cc1ccncc1)C(C)C. The average molecular weight is 248 g/mol. The first-order chi connectivity index (χ1) is 8.50. The van der Waals surface area contributed by atoms with Crippen LogP contribution in [0, 0.1) is 17.8 Å². The Morgan fingerprint density at radius 2 is 1.72 bits per heavy atom. The minimum Gasteiger partial charge on any atom is -0.356 e. The van der Waals surface area contributed by atoms with Gasteiger partial charge in [-0.3, -0.25) is 9.78 Å². The number of aromatic nitrogens is 1. The van der Waals surface area contributed by atoms with Crippen molar-refractivity contribution in [2.75, 3.05) is 6.54 Å². The summed E-state index contributed by atoms with van der Waals surface area (Å²) in [6.07, 6.45) is 3.87. The van der Waals surface area contributed by atoms with Crippen LogP contribution in [0.15, 0.2) is 24.5 Å². The number of nitrogens with one attached hydrogen (secondary N) is 1. The molecular formula is C15H24N2O. The van der Waals surface area contributed by atoms with E-state index in [-0.39, 0.29) is 5.91 Å². The lowest BCUT2D eigenvalue weighted by Crippen LogP contribution is -2.34. The van der Waals surface area contributed by atoms with Crippen LogP contribution in [-0.2, 0) is 11.2 Å². The van der Waals surface area contributed by atoms with Gasteiger partial charge in [0.05, 0.1) is 6.42 Å². The van der Waals surface area contributed by atoms with E-state index in [9.17, 15) is 4.79 Å². The zero-order valence-electron chi connectivity index (χ0n) is 11.8. The predicted molar refractivity (Wildman–Crippen MR) is 74.1 cm³/mol. The van der Waals surface area contributed by atoms with Gasteiger partial charge in [0.15, 0.2) is 0 Å². The highest BCUT2D eigenvalue weighted by atomic mass is 16.1. The van der Waals surface area contributed by atoms with Gasteiger partial charge in [-0.15, -0.1) is 0 Å². The standard InChI is InChI=1S/C15H24N2O/c1-11(2)14(12(3)4)10-17-15(18)9-13-5-7-16-8-6-13/h5-8,11-12,14H,9-10H2,1-4H3,(H,17,18). The normalized spacial score (nSPS) is 11.3. The second-order valence-electron chi connectivity index (χ2n) is 5.49. The van der Waals surface area contributed by atoms with Gasteiger partial charge in [0.2, 0.25) is 5.91 Å². The van der Waals surface area contributed by atoms with Gasteiger partial charge in [-0.25, -0.2) is 0 Å². The van der Waals surface area contributed by atoms with Crippen molar-refractivity contribution in [1.82, 2.24) is 10.3 Å². The minimum atomic E-state index is 0.0903. The fourth-order valence-corrected chi connectivity index (χ4v) is 2.22. The summed E-state index contributed by atoms with van der Waals surface area (Å²) in [6.45, 7) is 9.60. The molecule has 0 saturated heterocycles. The van der Waals surface area contributed by atoms with Crippen molar-refractivity contribution in [3.8, 4) is 0 Å². The molecule has 0 aliphatic rings. The number of amides is 1. The molecule has 0 radical (unpaired) electrons. The van der Waals surface area contributed by atoms with Crippen LogP contribution in [0.25, 0.3) is 0 Å². The van der Waals surface area contributed by atoms with Crippen LogP contribution in [0.3, 0.4) is 0 Å². The topological polar surface area (TPSA) is 42.0 Å². The van der Waals surface area contributed by atoms with E-state index in [0.717, 1.165) is 12.1 Å². The summed E-state index contributed by atoms with van der Waals surface area (Å²) in [5.41, 5.74) is 1.01. The third-order valence-electron chi connectivity index (χ3n) is 3.36. The molecule has 0 aliphatic carbocycles. The van der Waals surface area contributed by atoms with E-state index in [1.165, 1.54) is 0 Å². The molecule has 1 amide bonds. The Labute approximate surface area is 110 Å². The molecule has 1 rings (SSSR count). The Morgan fingerprint density at radius 1 is 1.17 bits per heavy atom. The van der Waals surface area contributed by atoms with E-state index in [2.05, 4.69) is 38.0 Å². The monoisotopic (exact) mass is 248 g/mol. The van der Waals surface area contributed by atoms with Crippen LogP contribution in [0.5, 0.6) is 0 Å². The van der Waals surface area contributed by atoms with Gasteiger partial charge < -0.3 is 5.32 Å². The Hall–Kier alpha value is -1.38. The van der Waals surface area contributed by atoms with Gasteiger partial charge in [-0.1, -0.05) is 27.7 Å². The zero-order valence-corrected chi connectivity index (χ0v) is 11.8. The predicted octanol–water partition coefficient (Wildman–Crippen LogP) is 2.67. The van der Waals surface area contributed by atoms with Crippen LogP contribution in [-0.4, -0.2) is 17.4 Å². The highest BCUT2D eigenvalue weighted by molar-refractivity contribution is 5.78. The maximum atomic E-state index is 11.8. The molecule has 3 heteroatoms. The van der Waals surface area contributed by atoms with Crippen LogP contribution in [0.2, 0.25) is 0 Å². The minimum absolute atomic E-state index is 0.0903. The summed E-state index contributed by atoms with van der Waals surface area (Å²) in [5, 5.41) is 3.03. The molecule has 0 aromatic carbocycles. The molecule has 1 N–H and O–H groups in total. The molecule has 1 aromatic rings. The van der Waals surface area contributed by atoms with Gasteiger partial charge in [0.25, 0.3) is 0 Å². The lowest BCUT2D eigenvalue weighted by Gasteiger charge is -2.25. The van der Waals surface area contributed by atoms with Crippen molar-refractivity contribution in [3.63, 3.8) is 0 Å². The lowest BCUT2D eigenvalue weighted by molar-refractivity contribution is -0.120. The van der Waals surface area contributed by atoms with E-state index in [4.69, 9.17) is 0 Å².